The zero-order valence-corrected chi connectivity index (χ0v) is 19.2. The molecular weight excluding hydrogens is 420 g/mol. The van der Waals surface area contributed by atoms with Gasteiger partial charge in [-0.2, -0.15) is 0 Å². The molecular formula is C24H32N6O3. The van der Waals surface area contributed by atoms with Crippen LogP contribution in [0.25, 0.3) is 0 Å². The number of carbonyl (C=O) groups excluding carboxylic acids is 2. The Morgan fingerprint density at radius 3 is 2.21 bits per heavy atom. The average molecular weight is 453 g/mol. The second kappa shape index (κ2) is 11.0. The minimum absolute atomic E-state index is 0.0701. The summed E-state index contributed by atoms with van der Waals surface area (Å²) in [5.74, 6) is 2.57. The molecule has 0 spiro atoms. The van der Waals surface area contributed by atoms with Gasteiger partial charge in [-0.3, -0.25) is 4.79 Å². The lowest BCUT2D eigenvalue weighted by molar-refractivity contribution is -0.130. The maximum absolute atomic E-state index is 12.5. The fourth-order valence-electron chi connectivity index (χ4n) is 4.20. The largest absolute Gasteiger partial charge is 0.445 e. The highest BCUT2D eigenvalue weighted by molar-refractivity contribution is 5.82. The van der Waals surface area contributed by atoms with Crippen LogP contribution >= 0.6 is 0 Å². The summed E-state index contributed by atoms with van der Waals surface area (Å²) < 4.78 is 5.17. The number of piperazine rings is 1. The van der Waals surface area contributed by atoms with Crippen LogP contribution in [0.2, 0.25) is 0 Å². The first-order chi connectivity index (χ1) is 16.1. The van der Waals surface area contributed by atoms with Gasteiger partial charge in [-0.1, -0.05) is 30.3 Å². The molecule has 2 aliphatic rings. The van der Waals surface area contributed by atoms with E-state index in [2.05, 4.69) is 31.2 Å². The van der Waals surface area contributed by atoms with Crippen molar-refractivity contribution in [2.75, 3.05) is 55.6 Å². The molecule has 2 aliphatic heterocycles. The number of anilines is 2. The van der Waals surface area contributed by atoms with Gasteiger partial charge in [0.25, 0.3) is 0 Å². The molecule has 176 valence electrons. The molecule has 33 heavy (non-hydrogen) atoms. The van der Waals surface area contributed by atoms with Crippen LogP contribution in [0, 0.1) is 6.92 Å². The molecule has 0 atom stereocenters. The van der Waals surface area contributed by atoms with Crippen LogP contribution < -0.4 is 15.1 Å². The number of aryl methyl sites for hydroxylation is 1. The molecule has 0 unspecified atom stereocenters. The average Bonchev–Trinajstić information content (AvgIpc) is 2.87. The van der Waals surface area contributed by atoms with Crippen LogP contribution in [-0.4, -0.2) is 72.7 Å². The van der Waals surface area contributed by atoms with Gasteiger partial charge >= 0.3 is 6.09 Å². The standard InChI is InChI=1S/C24H32N6O3/c1-19-26-21(28-10-6-3-7-11-28)16-22(27-19)29-12-14-30(15-13-29)23(31)17-25-24(32)33-18-20-8-4-2-5-9-20/h2,4-5,8-9,16H,3,6-7,10-15,17-18H2,1H3,(H,25,32). The van der Waals surface area contributed by atoms with Crippen LogP contribution in [-0.2, 0) is 16.1 Å². The topological polar surface area (TPSA) is 90.9 Å². The van der Waals surface area contributed by atoms with Crippen molar-refractivity contribution in [3.05, 3.63) is 47.8 Å². The number of amides is 2. The molecule has 0 aliphatic carbocycles. The number of hydrogen-bond acceptors (Lipinski definition) is 7. The summed E-state index contributed by atoms with van der Waals surface area (Å²) in [7, 11) is 0. The molecule has 0 bridgehead atoms. The predicted octanol–water partition coefficient (Wildman–Crippen LogP) is 2.35. The first-order valence-corrected chi connectivity index (χ1v) is 11.7. The lowest BCUT2D eigenvalue weighted by Crippen LogP contribution is -2.51. The Kier molecular flexibility index (Phi) is 7.59. The van der Waals surface area contributed by atoms with Gasteiger partial charge in [0.2, 0.25) is 5.91 Å². The fourth-order valence-corrected chi connectivity index (χ4v) is 4.20. The fraction of sp³-hybridized carbons (Fsp3) is 0.500. The number of nitrogens with zero attached hydrogens (tertiary/aromatic N) is 5. The highest BCUT2D eigenvalue weighted by atomic mass is 16.5. The number of rotatable bonds is 6. The summed E-state index contributed by atoms with van der Waals surface area (Å²) in [5, 5.41) is 2.55. The van der Waals surface area contributed by atoms with Gasteiger partial charge in [-0.15, -0.1) is 0 Å². The molecule has 1 N–H and O–H groups in total. The second-order valence-electron chi connectivity index (χ2n) is 8.46. The third-order valence-corrected chi connectivity index (χ3v) is 6.04. The van der Waals surface area contributed by atoms with Gasteiger partial charge in [0.15, 0.2) is 0 Å². The van der Waals surface area contributed by atoms with Crippen LogP contribution in [0.4, 0.5) is 16.4 Å². The number of nitrogens with one attached hydrogen (secondary N) is 1. The first-order valence-electron chi connectivity index (χ1n) is 11.7. The van der Waals surface area contributed by atoms with E-state index in [0.717, 1.165) is 36.1 Å². The van der Waals surface area contributed by atoms with Crippen molar-refractivity contribution in [3.8, 4) is 0 Å². The van der Waals surface area contributed by atoms with E-state index >= 15 is 0 Å². The third-order valence-electron chi connectivity index (χ3n) is 6.04. The predicted molar refractivity (Wildman–Crippen MR) is 126 cm³/mol. The Bertz CT molecular complexity index is 940. The van der Waals surface area contributed by atoms with Gasteiger partial charge in [-0.05, 0) is 31.7 Å². The molecule has 1 aromatic carbocycles. The lowest BCUT2D eigenvalue weighted by Gasteiger charge is -2.36. The third kappa shape index (κ3) is 6.34. The molecule has 9 nitrogen and oxygen atoms in total. The summed E-state index contributed by atoms with van der Waals surface area (Å²) in [6.07, 6.45) is 3.09. The summed E-state index contributed by atoms with van der Waals surface area (Å²) in [6, 6.07) is 11.5. The number of piperidine rings is 1. The van der Waals surface area contributed by atoms with Crippen LogP contribution in [0.15, 0.2) is 36.4 Å². The van der Waals surface area contributed by atoms with Gasteiger partial charge in [0, 0.05) is 45.3 Å². The van der Waals surface area contributed by atoms with E-state index in [1.807, 2.05) is 37.3 Å². The van der Waals surface area contributed by atoms with Crippen LogP contribution in [0.5, 0.6) is 0 Å². The molecule has 2 aromatic rings. The Morgan fingerprint density at radius 2 is 1.55 bits per heavy atom. The Hall–Kier alpha value is -3.36. The zero-order chi connectivity index (χ0) is 23.0. The molecule has 0 radical (unpaired) electrons. The highest BCUT2D eigenvalue weighted by Crippen LogP contribution is 2.23. The lowest BCUT2D eigenvalue weighted by atomic mass is 10.1. The normalized spacial score (nSPS) is 16.5. The smallest absolute Gasteiger partial charge is 0.407 e. The number of aromatic nitrogens is 2. The van der Waals surface area contributed by atoms with E-state index in [0.29, 0.717) is 26.2 Å². The van der Waals surface area contributed by atoms with Crippen LogP contribution in [0.3, 0.4) is 0 Å². The Balaban J connectivity index is 1.23. The van der Waals surface area contributed by atoms with Crippen molar-refractivity contribution < 1.29 is 14.3 Å². The Labute approximate surface area is 194 Å². The van der Waals surface area contributed by atoms with E-state index in [1.165, 1.54) is 19.3 Å². The zero-order valence-electron chi connectivity index (χ0n) is 19.2. The molecule has 2 saturated heterocycles. The summed E-state index contributed by atoms with van der Waals surface area (Å²) in [5.41, 5.74) is 0.901. The number of alkyl carbamates (subject to hydrolysis) is 1. The summed E-state index contributed by atoms with van der Waals surface area (Å²) in [6.45, 7) is 6.68. The van der Waals surface area contributed by atoms with E-state index < -0.39 is 6.09 Å². The quantitative estimate of drug-likeness (QED) is 0.719. The minimum Gasteiger partial charge on any atom is -0.445 e. The minimum atomic E-state index is -0.590. The van der Waals surface area contributed by atoms with Gasteiger partial charge in [0.1, 0.15) is 30.6 Å². The van der Waals surface area contributed by atoms with Gasteiger partial charge in [0.05, 0.1) is 0 Å². The van der Waals surface area contributed by atoms with Crippen molar-refractivity contribution in [2.24, 2.45) is 0 Å². The van der Waals surface area contributed by atoms with Crippen LogP contribution in [0.1, 0.15) is 30.7 Å². The number of benzene rings is 1. The maximum Gasteiger partial charge on any atom is 0.407 e. The van der Waals surface area contributed by atoms with Crippen molar-refractivity contribution in [3.63, 3.8) is 0 Å². The van der Waals surface area contributed by atoms with Crippen molar-refractivity contribution >= 4 is 23.6 Å². The maximum atomic E-state index is 12.5. The van der Waals surface area contributed by atoms with E-state index in [4.69, 9.17) is 4.74 Å². The Morgan fingerprint density at radius 1 is 0.909 bits per heavy atom. The number of carbonyl (C=O) groups is 2. The van der Waals surface area contributed by atoms with Crippen molar-refractivity contribution in [2.45, 2.75) is 32.8 Å². The molecule has 0 saturated carbocycles. The molecule has 4 rings (SSSR count). The first kappa shape index (κ1) is 22.8. The van der Waals surface area contributed by atoms with Crippen molar-refractivity contribution in [1.82, 2.24) is 20.2 Å². The molecule has 9 heteroatoms. The highest BCUT2D eigenvalue weighted by Gasteiger charge is 2.23. The molecule has 3 heterocycles. The summed E-state index contributed by atoms with van der Waals surface area (Å²) in [4.78, 5) is 40.0. The number of ether oxygens (including phenoxy) is 1. The monoisotopic (exact) mass is 452 g/mol. The van der Waals surface area contributed by atoms with Crippen molar-refractivity contribution in [1.29, 1.82) is 0 Å². The van der Waals surface area contributed by atoms with Gasteiger partial charge in [-0.25, -0.2) is 14.8 Å². The second-order valence-corrected chi connectivity index (χ2v) is 8.46. The number of hydrogen-bond donors (Lipinski definition) is 1. The SMILES string of the molecule is Cc1nc(N2CCCCC2)cc(N2CCN(C(=O)CNC(=O)OCc3ccccc3)CC2)n1. The van der Waals surface area contributed by atoms with E-state index in [1.54, 1.807) is 4.90 Å². The summed E-state index contributed by atoms with van der Waals surface area (Å²) >= 11 is 0. The van der Waals surface area contributed by atoms with E-state index in [9.17, 15) is 9.59 Å². The van der Waals surface area contributed by atoms with E-state index in [-0.39, 0.29) is 19.1 Å². The van der Waals surface area contributed by atoms with Gasteiger partial charge < -0.3 is 24.8 Å². The molecule has 1 aromatic heterocycles. The molecule has 2 fully saturated rings. The molecule has 2 amide bonds.